The summed E-state index contributed by atoms with van der Waals surface area (Å²) in [6.45, 7) is 0.525. The molecule has 134 valence electrons. The number of aryl methyl sites for hydroxylation is 1. The molecule has 0 radical (unpaired) electrons. The number of nitrogens with zero attached hydrogens (tertiary/aromatic N) is 1. The lowest BCUT2D eigenvalue weighted by atomic mass is 9.83. The van der Waals surface area contributed by atoms with Gasteiger partial charge >= 0.3 is 0 Å². The second-order valence-electron chi connectivity index (χ2n) is 6.44. The van der Waals surface area contributed by atoms with Crippen molar-refractivity contribution in [3.8, 4) is 0 Å². The van der Waals surface area contributed by atoms with Crippen molar-refractivity contribution < 1.29 is 17.6 Å². The SMILES string of the molecule is CN(C)S(=O)(=O)c1cc(C(=O)NCC2CCCc3ccccc32)co1. The number of furan rings is 1. The molecule has 6 nitrogen and oxygen atoms in total. The highest BCUT2D eigenvalue weighted by Gasteiger charge is 2.24. The quantitative estimate of drug-likeness (QED) is 0.886. The predicted octanol–water partition coefficient (Wildman–Crippen LogP) is 2.38. The summed E-state index contributed by atoms with van der Waals surface area (Å²) < 4.78 is 30.1. The summed E-state index contributed by atoms with van der Waals surface area (Å²) in [4.78, 5) is 12.3. The molecule has 0 aliphatic heterocycles. The average Bonchev–Trinajstić information content (AvgIpc) is 3.10. The number of carbonyl (C=O) groups is 1. The maximum absolute atomic E-state index is 12.3. The van der Waals surface area contributed by atoms with E-state index in [1.54, 1.807) is 0 Å². The molecule has 1 aliphatic rings. The van der Waals surface area contributed by atoms with Gasteiger partial charge in [-0.15, -0.1) is 0 Å². The lowest BCUT2D eigenvalue weighted by Crippen LogP contribution is -2.29. The molecule has 1 amide bonds. The van der Waals surface area contributed by atoms with Crippen LogP contribution in [0.25, 0.3) is 0 Å². The molecule has 1 aliphatic carbocycles. The van der Waals surface area contributed by atoms with Crippen LogP contribution in [0, 0.1) is 0 Å². The zero-order chi connectivity index (χ0) is 18.0. The van der Waals surface area contributed by atoms with Gasteiger partial charge in [-0.25, -0.2) is 12.7 Å². The maximum atomic E-state index is 12.3. The van der Waals surface area contributed by atoms with Crippen LogP contribution in [0.4, 0.5) is 0 Å². The van der Waals surface area contributed by atoms with E-state index in [2.05, 4.69) is 17.4 Å². The van der Waals surface area contributed by atoms with Crippen molar-refractivity contribution in [2.75, 3.05) is 20.6 Å². The molecular weight excluding hydrogens is 340 g/mol. The van der Waals surface area contributed by atoms with Crippen molar-refractivity contribution in [2.24, 2.45) is 0 Å². The Labute approximate surface area is 147 Å². The molecule has 1 atom stereocenters. The van der Waals surface area contributed by atoms with Gasteiger partial charge in [-0.1, -0.05) is 24.3 Å². The fourth-order valence-corrected chi connectivity index (χ4v) is 3.94. The summed E-state index contributed by atoms with van der Waals surface area (Å²) in [5.41, 5.74) is 2.84. The van der Waals surface area contributed by atoms with Gasteiger partial charge in [0.15, 0.2) is 0 Å². The zero-order valence-electron chi connectivity index (χ0n) is 14.4. The van der Waals surface area contributed by atoms with Gasteiger partial charge in [0.2, 0.25) is 5.09 Å². The van der Waals surface area contributed by atoms with E-state index in [1.807, 2.05) is 12.1 Å². The Hall–Kier alpha value is -2.12. The van der Waals surface area contributed by atoms with Gasteiger partial charge in [0.1, 0.15) is 6.26 Å². The summed E-state index contributed by atoms with van der Waals surface area (Å²) >= 11 is 0. The lowest BCUT2D eigenvalue weighted by molar-refractivity contribution is 0.0949. The number of hydrogen-bond acceptors (Lipinski definition) is 4. The topological polar surface area (TPSA) is 79.6 Å². The van der Waals surface area contributed by atoms with E-state index in [0.717, 1.165) is 23.6 Å². The standard InChI is InChI=1S/C18H22N2O4S/c1-20(2)25(22,23)17-10-15(12-24-17)18(21)19-11-14-8-5-7-13-6-3-4-9-16(13)14/h3-4,6,9-10,12,14H,5,7-8,11H2,1-2H3,(H,19,21). The Kier molecular flexibility index (Phi) is 4.96. The Morgan fingerprint density at radius 2 is 2.08 bits per heavy atom. The van der Waals surface area contributed by atoms with E-state index in [4.69, 9.17) is 4.42 Å². The number of hydrogen-bond donors (Lipinski definition) is 1. The predicted molar refractivity (Wildman–Crippen MR) is 94.0 cm³/mol. The molecule has 0 fully saturated rings. The van der Waals surface area contributed by atoms with Crippen LogP contribution in [-0.2, 0) is 16.4 Å². The Morgan fingerprint density at radius 3 is 2.84 bits per heavy atom. The first-order chi connectivity index (χ1) is 11.9. The molecule has 1 aromatic heterocycles. The van der Waals surface area contributed by atoms with Crippen molar-refractivity contribution in [2.45, 2.75) is 30.3 Å². The Balaban J connectivity index is 1.68. The first-order valence-corrected chi connectivity index (χ1v) is 9.70. The highest BCUT2D eigenvalue weighted by Crippen LogP contribution is 2.30. The largest absolute Gasteiger partial charge is 0.451 e. The molecular formula is C18H22N2O4S. The Morgan fingerprint density at radius 1 is 1.32 bits per heavy atom. The molecule has 0 bridgehead atoms. The van der Waals surface area contributed by atoms with E-state index in [-0.39, 0.29) is 22.5 Å². The van der Waals surface area contributed by atoms with Crippen LogP contribution in [0.5, 0.6) is 0 Å². The first-order valence-electron chi connectivity index (χ1n) is 8.26. The molecule has 0 saturated heterocycles. The van der Waals surface area contributed by atoms with Gasteiger partial charge in [-0.05, 0) is 30.4 Å². The minimum Gasteiger partial charge on any atom is -0.451 e. The van der Waals surface area contributed by atoms with Crippen LogP contribution in [-0.4, -0.2) is 39.3 Å². The zero-order valence-corrected chi connectivity index (χ0v) is 15.2. The number of carbonyl (C=O) groups excluding carboxylic acids is 1. The van der Waals surface area contributed by atoms with Crippen LogP contribution in [0.15, 0.2) is 46.1 Å². The van der Waals surface area contributed by atoms with Gasteiger partial charge in [0, 0.05) is 32.6 Å². The third-order valence-electron chi connectivity index (χ3n) is 4.58. The summed E-state index contributed by atoms with van der Waals surface area (Å²) in [7, 11) is -0.849. The molecule has 1 unspecified atom stereocenters. The van der Waals surface area contributed by atoms with Gasteiger partial charge in [0.05, 0.1) is 5.56 Å². The van der Waals surface area contributed by atoms with E-state index < -0.39 is 10.0 Å². The molecule has 1 heterocycles. The van der Waals surface area contributed by atoms with Crippen molar-refractivity contribution in [1.82, 2.24) is 9.62 Å². The monoisotopic (exact) mass is 362 g/mol. The highest BCUT2D eigenvalue weighted by molar-refractivity contribution is 7.88. The lowest BCUT2D eigenvalue weighted by Gasteiger charge is -2.25. The van der Waals surface area contributed by atoms with Crippen LogP contribution in [0.2, 0.25) is 0 Å². The van der Waals surface area contributed by atoms with Crippen LogP contribution in [0.3, 0.4) is 0 Å². The molecule has 7 heteroatoms. The minimum absolute atomic E-state index is 0.213. The summed E-state index contributed by atoms with van der Waals surface area (Å²) in [5, 5.41) is 2.67. The third-order valence-corrected chi connectivity index (χ3v) is 6.26. The second kappa shape index (κ2) is 7.01. The van der Waals surface area contributed by atoms with Crippen LogP contribution < -0.4 is 5.32 Å². The average molecular weight is 362 g/mol. The molecule has 25 heavy (non-hydrogen) atoms. The summed E-state index contributed by atoms with van der Waals surface area (Å²) in [6.07, 6.45) is 4.39. The molecule has 3 rings (SSSR count). The summed E-state index contributed by atoms with van der Waals surface area (Å²) in [6, 6.07) is 9.58. The van der Waals surface area contributed by atoms with Gasteiger partial charge in [-0.3, -0.25) is 4.79 Å². The van der Waals surface area contributed by atoms with E-state index in [9.17, 15) is 13.2 Å². The maximum Gasteiger partial charge on any atom is 0.275 e. The second-order valence-corrected chi connectivity index (χ2v) is 8.52. The van der Waals surface area contributed by atoms with Crippen LogP contribution in [0.1, 0.15) is 40.2 Å². The number of sulfonamides is 1. The first kappa shape index (κ1) is 17.7. The van der Waals surface area contributed by atoms with Gasteiger partial charge in [-0.2, -0.15) is 0 Å². The van der Waals surface area contributed by atoms with Crippen molar-refractivity contribution in [1.29, 1.82) is 0 Å². The fraction of sp³-hybridized carbons (Fsp3) is 0.389. The number of nitrogens with one attached hydrogen (secondary N) is 1. The van der Waals surface area contributed by atoms with Gasteiger partial charge in [0.25, 0.3) is 15.9 Å². The van der Waals surface area contributed by atoms with Crippen molar-refractivity contribution in [3.05, 3.63) is 53.3 Å². The molecule has 2 aromatic rings. The summed E-state index contributed by atoms with van der Waals surface area (Å²) in [5.74, 6) is -0.0437. The third kappa shape index (κ3) is 3.62. The van der Waals surface area contributed by atoms with Crippen LogP contribution >= 0.6 is 0 Å². The minimum atomic E-state index is -3.68. The van der Waals surface area contributed by atoms with Crippen molar-refractivity contribution in [3.63, 3.8) is 0 Å². The molecule has 0 saturated carbocycles. The smallest absolute Gasteiger partial charge is 0.275 e. The van der Waals surface area contributed by atoms with E-state index in [1.165, 1.54) is 37.6 Å². The van der Waals surface area contributed by atoms with Crippen molar-refractivity contribution >= 4 is 15.9 Å². The van der Waals surface area contributed by atoms with E-state index in [0.29, 0.717) is 6.54 Å². The number of benzene rings is 1. The number of fused-ring (bicyclic) bond motifs is 1. The molecule has 1 aromatic carbocycles. The number of amides is 1. The normalized spacial score (nSPS) is 17.3. The van der Waals surface area contributed by atoms with E-state index >= 15 is 0 Å². The number of rotatable bonds is 5. The molecule has 0 spiro atoms. The Bertz CT molecular complexity index is 871. The fourth-order valence-electron chi connectivity index (χ4n) is 3.14. The van der Waals surface area contributed by atoms with Gasteiger partial charge < -0.3 is 9.73 Å². The highest BCUT2D eigenvalue weighted by atomic mass is 32.2. The molecule has 1 N–H and O–H groups in total.